The molecule has 36 valence electrons. The van der Waals surface area contributed by atoms with Crippen LogP contribution in [0.15, 0.2) is 17.4 Å². The zero-order valence-corrected chi connectivity index (χ0v) is 3.64. The van der Waals surface area contributed by atoms with E-state index in [0.29, 0.717) is 5.82 Å². The highest BCUT2D eigenvalue weighted by molar-refractivity contribution is 6.28. The van der Waals surface area contributed by atoms with E-state index in [1.807, 2.05) is 0 Å². The van der Waals surface area contributed by atoms with E-state index in [2.05, 4.69) is 16.9 Å². The molecule has 1 aliphatic rings. The van der Waals surface area contributed by atoms with Crippen molar-refractivity contribution in [3.63, 3.8) is 0 Å². The van der Waals surface area contributed by atoms with Crippen molar-refractivity contribution in [3.8, 4) is 0 Å². The Morgan fingerprint density at radius 1 is 1.86 bits per heavy atom. The number of carbonyl (C=O) groups excluding carboxylic acids is 1. The second kappa shape index (κ2) is 1.18. The van der Waals surface area contributed by atoms with Gasteiger partial charge in [0.2, 0.25) is 0 Å². The minimum atomic E-state index is -0.190. The molecule has 3 heteroatoms. The van der Waals surface area contributed by atoms with E-state index in [1.165, 1.54) is 6.21 Å². The summed E-state index contributed by atoms with van der Waals surface area (Å²) in [4.78, 5) is 13.7. The van der Waals surface area contributed by atoms with Crippen molar-refractivity contribution in [2.45, 2.75) is 0 Å². The van der Waals surface area contributed by atoms with Crippen LogP contribution in [0, 0.1) is 0 Å². The quantitative estimate of drug-likeness (QED) is 0.440. The minimum Gasteiger partial charge on any atom is -0.306 e. The van der Waals surface area contributed by atoms with Crippen LogP contribution in [0.5, 0.6) is 0 Å². The normalized spacial score (nSPS) is 17.7. The average molecular weight is 96.1 g/mol. The fourth-order valence-corrected chi connectivity index (χ4v) is 0.343. The lowest BCUT2D eigenvalue weighted by Gasteiger charge is -1.84. The molecule has 0 saturated heterocycles. The summed E-state index contributed by atoms with van der Waals surface area (Å²) in [5.74, 6) is 0.231. The maximum absolute atomic E-state index is 10.1. The van der Waals surface area contributed by atoms with Gasteiger partial charge in [0.15, 0.2) is 0 Å². The first kappa shape index (κ1) is 4.05. The van der Waals surface area contributed by atoms with Gasteiger partial charge in [-0.2, -0.15) is 0 Å². The van der Waals surface area contributed by atoms with Gasteiger partial charge in [-0.1, -0.05) is 6.58 Å². The van der Waals surface area contributed by atoms with Gasteiger partial charge < -0.3 is 5.32 Å². The standard InChI is InChI=1S/C4H4N2O/c1-3-5-2-4(7)6-3/h2H,1H2,(H,6,7). The smallest absolute Gasteiger partial charge is 0.268 e. The largest absolute Gasteiger partial charge is 0.306 e. The number of amides is 1. The first-order valence-corrected chi connectivity index (χ1v) is 1.83. The molecule has 0 aromatic rings. The van der Waals surface area contributed by atoms with Crippen molar-refractivity contribution >= 4 is 12.1 Å². The van der Waals surface area contributed by atoms with Crippen LogP contribution in [0.3, 0.4) is 0 Å². The highest BCUT2D eigenvalue weighted by Gasteiger charge is 2.02. The van der Waals surface area contributed by atoms with Gasteiger partial charge in [-0.3, -0.25) is 4.79 Å². The Hall–Kier alpha value is -1.12. The van der Waals surface area contributed by atoms with E-state index < -0.39 is 0 Å². The Labute approximate surface area is 40.7 Å². The first-order chi connectivity index (χ1) is 3.29. The fraction of sp³-hybridized carbons (Fsp3) is 0. The van der Waals surface area contributed by atoms with Gasteiger partial charge in [-0.05, 0) is 0 Å². The maximum atomic E-state index is 10.1. The van der Waals surface area contributed by atoms with Crippen LogP contribution in [0.1, 0.15) is 0 Å². The van der Waals surface area contributed by atoms with Gasteiger partial charge in [0, 0.05) is 0 Å². The van der Waals surface area contributed by atoms with Crippen LogP contribution >= 0.6 is 0 Å². The van der Waals surface area contributed by atoms with Gasteiger partial charge in [0.1, 0.15) is 5.82 Å². The molecule has 7 heavy (non-hydrogen) atoms. The third-order valence-corrected chi connectivity index (χ3v) is 0.605. The van der Waals surface area contributed by atoms with E-state index in [9.17, 15) is 4.79 Å². The molecular weight excluding hydrogens is 92.1 g/mol. The third-order valence-electron chi connectivity index (χ3n) is 0.605. The Balaban J connectivity index is 2.76. The van der Waals surface area contributed by atoms with Crippen molar-refractivity contribution in [1.29, 1.82) is 0 Å². The van der Waals surface area contributed by atoms with Crippen LogP contribution in [0.4, 0.5) is 0 Å². The Morgan fingerprint density at radius 3 is 2.71 bits per heavy atom. The van der Waals surface area contributed by atoms with E-state index in [-0.39, 0.29) is 5.91 Å². The van der Waals surface area contributed by atoms with Gasteiger partial charge >= 0.3 is 0 Å². The fourth-order valence-electron chi connectivity index (χ4n) is 0.343. The molecule has 1 heterocycles. The zero-order valence-electron chi connectivity index (χ0n) is 3.64. The third kappa shape index (κ3) is 0.652. The summed E-state index contributed by atoms with van der Waals surface area (Å²) >= 11 is 0. The Morgan fingerprint density at radius 2 is 2.57 bits per heavy atom. The molecule has 0 spiro atoms. The lowest BCUT2D eigenvalue weighted by Crippen LogP contribution is -2.14. The molecule has 1 aliphatic heterocycles. The lowest BCUT2D eigenvalue weighted by molar-refractivity contribution is -0.113. The number of nitrogens with one attached hydrogen (secondary N) is 1. The molecule has 1 rings (SSSR count). The van der Waals surface area contributed by atoms with Crippen molar-refractivity contribution in [1.82, 2.24) is 5.32 Å². The highest BCUT2D eigenvalue weighted by Crippen LogP contribution is 1.89. The molecule has 0 radical (unpaired) electrons. The predicted octanol–water partition coefficient (Wildman–Crippen LogP) is -0.342. The molecule has 1 N–H and O–H groups in total. The van der Waals surface area contributed by atoms with Crippen LogP contribution in [-0.2, 0) is 4.79 Å². The summed E-state index contributed by atoms with van der Waals surface area (Å²) in [5, 5.41) is 2.36. The number of carbonyl (C=O) groups is 1. The summed E-state index contributed by atoms with van der Waals surface area (Å²) in [5.41, 5.74) is 0. The van der Waals surface area contributed by atoms with Crippen molar-refractivity contribution in [2.75, 3.05) is 0 Å². The van der Waals surface area contributed by atoms with E-state index in [1.54, 1.807) is 0 Å². The number of hydrogen-bond donors (Lipinski definition) is 1. The van der Waals surface area contributed by atoms with Crippen LogP contribution in [-0.4, -0.2) is 12.1 Å². The van der Waals surface area contributed by atoms with Gasteiger partial charge in [0.25, 0.3) is 5.91 Å². The Kier molecular flexibility index (Phi) is 0.685. The molecule has 1 amide bonds. The van der Waals surface area contributed by atoms with Crippen molar-refractivity contribution < 1.29 is 4.79 Å². The summed E-state index contributed by atoms with van der Waals surface area (Å²) < 4.78 is 0. The number of hydrogen-bond acceptors (Lipinski definition) is 2. The molecule has 0 aromatic carbocycles. The van der Waals surface area contributed by atoms with Crippen molar-refractivity contribution in [3.05, 3.63) is 12.4 Å². The maximum Gasteiger partial charge on any atom is 0.268 e. The molecule has 0 aromatic heterocycles. The molecule has 0 unspecified atom stereocenters. The first-order valence-electron chi connectivity index (χ1n) is 1.83. The van der Waals surface area contributed by atoms with E-state index >= 15 is 0 Å². The van der Waals surface area contributed by atoms with Crippen LogP contribution in [0.2, 0.25) is 0 Å². The summed E-state index contributed by atoms with van der Waals surface area (Å²) in [7, 11) is 0. The van der Waals surface area contributed by atoms with E-state index in [4.69, 9.17) is 0 Å². The van der Waals surface area contributed by atoms with Crippen LogP contribution < -0.4 is 5.32 Å². The molecule has 0 bridgehead atoms. The van der Waals surface area contributed by atoms with Gasteiger partial charge in [0.05, 0.1) is 6.21 Å². The zero-order chi connectivity index (χ0) is 5.28. The van der Waals surface area contributed by atoms with E-state index in [0.717, 1.165) is 0 Å². The van der Waals surface area contributed by atoms with Crippen LogP contribution in [0.25, 0.3) is 0 Å². The second-order valence-corrected chi connectivity index (χ2v) is 1.19. The summed E-state index contributed by atoms with van der Waals surface area (Å²) in [6, 6.07) is 0. The predicted molar refractivity (Wildman–Crippen MR) is 25.8 cm³/mol. The monoisotopic (exact) mass is 96.0 g/mol. The number of rotatable bonds is 0. The highest BCUT2D eigenvalue weighted by atomic mass is 16.2. The molecule has 0 aliphatic carbocycles. The Bertz CT molecular complexity index is 132. The molecule has 0 fully saturated rings. The van der Waals surface area contributed by atoms with Gasteiger partial charge in [-0.15, -0.1) is 0 Å². The second-order valence-electron chi connectivity index (χ2n) is 1.19. The molecule has 3 nitrogen and oxygen atoms in total. The minimum absolute atomic E-state index is 0.190. The van der Waals surface area contributed by atoms with Gasteiger partial charge in [-0.25, -0.2) is 4.99 Å². The molecule has 0 saturated carbocycles. The molecular formula is C4H4N2O. The average Bonchev–Trinajstić information content (AvgIpc) is 1.87. The SMILES string of the molecule is C=C1N=CC(=O)N1. The number of aliphatic imine (C=N–C) groups is 1. The molecule has 0 atom stereocenters. The summed E-state index contributed by atoms with van der Waals surface area (Å²) in [6.07, 6.45) is 1.20. The summed E-state index contributed by atoms with van der Waals surface area (Å²) in [6.45, 7) is 3.37. The van der Waals surface area contributed by atoms with Crippen molar-refractivity contribution in [2.24, 2.45) is 4.99 Å². The topological polar surface area (TPSA) is 41.5 Å². The number of nitrogens with zero attached hydrogens (tertiary/aromatic N) is 1. The lowest BCUT2D eigenvalue weighted by atomic mass is 10.7.